The van der Waals surface area contributed by atoms with Crippen LogP contribution in [0.15, 0.2) is 0 Å². The van der Waals surface area contributed by atoms with Crippen LogP contribution in [0.1, 0.15) is 19.8 Å². The molecule has 0 aromatic heterocycles. The lowest BCUT2D eigenvalue weighted by atomic mass is 10.2. The third kappa shape index (κ3) is 3.91. The molecule has 1 N–H and O–H groups in total. The van der Waals surface area contributed by atoms with Crippen molar-refractivity contribution in [2.45, 2.75) is 26.0 Å². The molecular weight excluding hydrogens is 204 g/mol. The van der Waals surface area contributed by atoms with Crippen LogP contribution in [0.4, 0.5) is 0 Å². The van der Waals surface area contributed by atoms with Gasteiger partial charge in [0.2, 0.25) is 0 Å². The van der Waals surface area contributed by atoms with Crippen LogP contribution in [0.2, 0.25) is 0 Å². The second kappa shape index (κ2) is 6.34. The van der Waals surface area contributed by atoms with Crippen LogP contribution in [-0.4, -0.2) is 45.7 Å². The predicted octanol–water partition coefficient (Wildman–Crippen LogP) is -0.439. The molecule has 5 nitrogen and oxygen atoms in total. The molecule has 0 aromatic carbocycles. The third-order valence-corrected chi connectivity index (χ3v) is 2.72. The average Bonchev–Trinajstić information content (AvgIpc) is 2.18. The van der Waals surface area contributed by atoms with Crippen molar-refractivity contribution >= 4 is 11.0 Å². The summed E-state index contributed by atoms with van der Waals surface area (Å²) in [6.07, 6.45) is 1.43. The number of nitrogens with zero attached hydrogens (tertiary/aromatic N) is 1. The zero-order chi connectivity index (χ0) is 10.4. The van der Waals surface area contributed by atoms with E-state index in [0.29, 0.717) is 0 Å². The van der Waals surface area contributed by atoms with E-state index in [4.69, 9.17) is 4.18 Å². The van der Waals surface area contributed by atoms with Crippen LogP contribution >= 0.6 is 0 Å². The van der Waals surface area contributed by atoms with Gasteiger partial charge in [0.25, 0.3) is 11.0 Å². The van der Waals surface area contributed by atoms with Crippen LogP contribution in [0.5, 0.6) is 0 Å². The van der Waals surface area contributed by atoms with Crippen molar-refractivity contribution in [3.8, 4) is 0 Å². The van der Waals surface area contributed by atoms with Crippen molar-refractivity contribution < 1.29 is 12.6 Å². The quantitative estimate of drug-likeness (QED) is 0.618. The summed E-state index contributed by atoms with van der Waals surface area (Å²) in [7, 11) is -2.74. The van der Waals surface area contributed by atoms with Gasteiger partial charge in [0.1, 0.15) is 6.23 Å². The van der Waals surface area contributed by atoms with Gasteiger partial charge in [0.15, 0.2) is 0 Å². The summed E-state index contributed by atoms with van der Waals surface area (Å²) < 4.78 is 25.9. The van der Waals surface area contributed by atoms with Crippen molar-refractivity contribution in [3.63, 3.8) is 0 Å². The van der Waals surface area contributed by atoms with E-state index in [2.05, 4.69) is 10.2 Å². The summed E-state index contributed by atoms with van der Waals surface area (Å²) in [6, 6.07) is 0. The highest BCUT2D eigenvalue weighted by Crippen LogP contribution is 2.09. The normalized spacial score (nSPS) is 21.3. The molecule has 0 aliphatic carbocycles. The molecule has 84 valence electrons. The molecule has 0 aromatic rings. The highest BCUT2D eigenvalue weighted by Gasteiger charge is 2.20. The van der Waals surface area contributed by atoms with Gasteiger partial charge < -0.3 is 5.32 Å². The molecule has 1 aliphatic rings. The van der Waals surface area contributed by atoms with E-state index in [1.807, 2.05) is 6.92 Å². The van der Waals surface area contributed by atoms with Crippen LogP contribution in [0.3, 0.4) is 0 Å². The van der Waals surface area contributed by atoms with Crippen LogP contribution in [0, 0.1) is 0 Å². The Kier molecular flexibility index (Phi) is 5.39. The molecule has 1 saturated heterocycles. The Morgan fingerprint density at radius 3 is 2.57 bits per heavy atom. The van der Waals surface area contributed by atoms with Crippen LogP contribution < -0.4 is 5.32 Å². The number of hydrogen-bond acceptors (Lipinski definition) is 5. The van der Waals surface area contributed by atoms with E-state index < -0.39 is 11.0 Å². The second-order valence-electron chi connectivity index (χ2n) is 3.36. The Hall–Kier alpha value is -0.170. The summed E-state index contributed by atoms with van der Waals surface area (Å²) in [5.41, 5.74) is 0. The first-order chi connectivity index (χ1) is 6.74. The lowest BCUT2D eigenvalue weighted by molar-refractivity contribution is 0.0190. The molecule has 0 radical (unpaired) electrons. The van der Waals surface area contributed by atoms with Gasteiger partial charge in [-0.15, -0.1) is 0 Å². The van der Waals surface area contributed by atoms with Crippen molar-refractivity contribution in [1.29, 1.82) is 0 Å². The number of thiol groups is 1. The Morgan fingerprint density at radius 2 is 2.07 bits per heavy atom. The number of rotatable bonds is 5. The topological polar surface area (TPSA) is 58.6 Å². The van der Waals surface area contributed by atoms with Crippen LogP contribution in [0.25, 0.3) is 0 Å². The summed E-state index contributed by atoms with van der Waals surface area (Å²) in [6.45, 7) is 5.54. The van der Waals surface area contributed by atoms with Crippen molar-refractivity contribution in [2.75, 3.05) is 26.2 Å². The van der Waals surface area contributed by atoms with E-state index >= 15 is 0 Å². The smallest absolute Gasteiger partial charge is 0.258 e. The van der Waals surface area contributed by atoms with E-state index in [1.165, 1.54) is 0 Å². The summed E-state index contributed by atoms with van der Waals surface area (Å²) in [5, 5.41) is 3.22. The summed E-state index contributed by atoms with van der Waals surface area (Å²) in [4.78, 5) is 2.07. The van der Waals surface area contributed by atoms with Gasteiger partial charge in [-0.05, 0) is 6.42 Å². The predicted molar refractivity (Wildman–Crippen MR) is 54.5 cm³/mol. The second-order valence-corrected chi connectivity index (χ2v) is 4.02. The molecule has 1 fully saturated rings. The van der Waals surface area contributed by atoms with Gasteiger partial charge in [0, 0.05) is 26.2 Å². The SMILES string of the molecule is CCCC(O[SH](=O)=O)N1CCNCC1. The fourth-order valence-electron chi connectivity index (χ4n) is 1.62. The molecule has 1 heterocycles. The minimum atomic E-state index is -2.74. The van der Waals surface area contributed by atoms with Gasteiger partial charge in [0.05, 0.1) is 0 Å². The monoisotopic (exact) mass is 222 g/mol. The summed E-state index contributed by atoms with van der Waals surface area (Å²) >= 11 is 0. The van der Waals surface area contributed by atoms with Crippen molar-refractivity contribution in [1.82, 2.24) is 10.2 Å². The molecular formula is C8H18N2O3S. The van der Waals surface area contributed by atoms with Gasteiger partial charge in [-0.2, -0.15) is 0 Å². The van der Waals surface area contributed by atoms with Gasteiger partial charge in [-0.25, -0.2) is 8.42 Å². The zero-order valence-corrected chi connectivity index (χ0v) is 9.33. The number of nitrogens with one attached hydrogen (secondary N) is 1. The summed E-state index contributed by atoms with van der Waals surface area (Å²) in [5.74, 6) is 0. The molecule has 0 spiro atoms. The first-order valence-corrected chi connectivity index (χ1v) is 6.09. The molecule has 1 unspecified atom stereocenters. The molecule has 0 saturated carbocycles. The maximum atomic E-state index is 10.5. The Bertz CT molecular complexity index is 219. The molecule has 14 heavy (non-hydrogen) atoms. The lowest BCUT2D eigenvalue weighted by Crippen LogP contribution is -2.49. The van der Waals surface area contributed by atoms with E-state index in [1.54, 1.807) is 0 Å². The lowest BCUT2D eigenvalue weighted by Gasteiger charge is -2.32. The number of hydrogen-bond donors (Lipinski definition) is 2. The largest absolute Gasteiger partial charge is 0.314 e. The van der Waals surface area contributed by atoms with Gasteiger partial charge in [-0.1, -0.05) is 13.3 Å². The molecule has 1 rings (SSSR count). The molecule has 0 bridgehead atoms. The van der Waals surface area contributed by atoms with Gasteiger partial charge >= 0.3 is 0 Å². The molecule has 1 atom stereocenters. The van der Waals surface area contributed by atoms with Crippen molar-refractivity contribution in [2.24, 2.45) is 0 Å². The Morgan fingerprint density at radius 1 is 1.43 bits per heavy atom. The third-order valence-electron chi connectivity index (χ3n) is 2.30. The molecule has 1 aliphatic heterocycles. The van der Waals surface area contributed by atoms with E-state index in [-0.39, 0.29) is 6.23 Å². The Balaban J connectivity index is 2.46. The number of piperazine rings is 1. The Labute approximate surface area is 86.6 Å². The standard InChI is InChI=1S/C8H18N2O3S/c1-2-3-8(13-14(11)12)10-6-4-9-5-7-10/h8-9,14H,2-7H2,1H3. The van der Waals surface area contributed by atoms with Crippen molar-refractivity contribution in [3.05, 3.63) is 0 Å². The van der Waals surface area contributed by atoms with Crippen LogP contribution in [-0.2, 0) is 15.2 Å². The minimum Gasteiger partial charge on any atom is -0.314 e. The molecule has 0 amide bonds. The maximum absolute atomic E-state index is 10.5. The first kappa shape index (κ1) is 11.9. The van der Waals surface area contributed by atoms with E-state index in [0.717, 1.165) is 39.0 Å². The highest BCUT2D eigenvalue weighted by atomic mass is 32.2. The minimum absolute atomic E-state index is 0.261. The fraction of sp³-hybridized carbons (Fsp3) is 1.00. The van der Waals surface area contributed by atoms with E-state index in [9.17, 15) is 8.42 Å². The average molecular weight is 222 g/mol. The maximum Gasteiger partial charge on any atom is 0.258 e. The zero-order valence-electron chi connectivity index (χ0n) is 8.44. The highest BCUT2D eigenvalue weighted by molar-refractivity contribution is 7.67. The first-order valence-electron chi connectivity index (χ1n) is 5.00. The fourth-order valence-corrected chi connectivity index (χ4v) is 2.06. The van der Waals surface area contributed by atoms with Gasteiger partial charge in [-0.3, -0.25) is 9.08 Å². The molecule has 6 heteroatoms.